The number of hydrogen-bond acceptors (Lipinski definition) is 1. The van der Waals surface area contributed by atoms with E-state index in [2.05, 4.69) is 31.9 Å². The smallest absolute Gasteiger partial charge is 0.309 e. The molecule has 0 aliphatic heterocycles. The zero-order valence-corrected chi connectivity index (χ0v) is 11.6. The second-order valence-corrected chi connectivity index (χ2v) is 9.29. The highest BCUT2D eigenvalue weighted by molar-refractivity contribution is 9.25. The molecule has 4 rings (SSSR count). The van der Waals surface area contributed by atoms with Gasteiger partial charge in [-0.25, -0.2) is 0 Å². The van der Waals surface area contributed by atoms with Crippen molar-refractivity contribution < 1.29 is 9.90 Å². The minimum absolute atomic E-state index is 0.0237. The normalized spacial score (nSPS) is 50.7. The van der Waals surface area contributed by atoms with Crippen LogP contribution in [0.2, 0.25) is 0 Å². The van der Waals surface area contributed by atoms with Crippen LogP contribution in [-0.4, -0.2) is 14.3 Å². The molecule has 4 heteroatoms. The van der Waals surface area contributed by atoms with Crippen molar-refractivity contribution in [3.05, 3.63) is 0 Å². The minimum atomic E-state index is -0.558. The highest BCUT2D eigenvalue weighted by Gasteiger charge is 2.63. The van der Waals surface area contributed by atoms with Crippen LogP contribution in [0.5, 0.6) is 0 Å². The Morgan fingerprint density at radius 3 is 2.13 bits per heavy atom. The SMILES string of the molecule is O=C(O)C12CC3C[C@H](C1)C(Br)(Br)[C@H](C3)C2. The molecule has 0 aromatic heterocycles. The Bertz CT molecular complexity index is 309. The number of halogens is 2. The number of rotatable bonds is 1. The summed E-state index contributed by atoms with van der Waals surface area (Å²) < 4.78 is 0.0237. The molecule has 1 N–H and O–H groups in total. The summed E-state index contributed by atoms with van der Waals surface area (Å²) in [4.78, 5) is 11.4. The van der Waals surface area contributed by atoms with E-state index in [-0.39, 0.29) is 8.65 Å². The van der Waals surface area contributed by atoms with Crippen molar-refractivity contribution in [1.29, 1.82) is 0 Å². The highest BCUT2D eigenvalue weighted by Crippen LogP contribution is 2.67. The molecule has 84 valence electrons. The van der Waals surface area contributed by atoms with E-state index in [0.717, 1.165) is 19.3 Å². The van der Waals surface area contributed by atoms with Crippen molar-refractivity contribution in [2.45, 2.75) is 35.3 Å². The van der Waals surface area contributed by atoms with Gasteiger partial charge in [-0.2, -0.15) is 0 Å². The predicted octanol–water partition coefficient (Wildman–Crippen LogP) is 3.38. The average Bonchev–Trinajstić information content (AvgIpc) is 2.13. The van der Waals surface area contributed by atoms with Crippen molar-refractivity contribution in [1.82, 2.24) is 0 Å². The third-order valence-electron chi connectivity index (χ3n) is 4.73. The fraction of sp³-hybridized carbons (Fsp3) is 0.909. The van der Waals surface area contributed by atoms with Gasteiger partial charge in [0.25, 0.3) is 0 Å². The standard InChI is InChI=1S/C11H14Br2O2/c12-11(13)7-1-6-2-8(11)5-10(3-6,4-7)9(14)15/h6-8H,1-5H2,(H,14,15)/t6?,7-,8-,10?/m1/s1. The van der Waals surface area contributed by atoms with E-state index in [9.17, 15) is 9.90 Å². The minimum Gasteiger partial charge on any atom is -0.481 e. The zero-order valence-electron chi connectivity index (χ0n) is 8.38. The summed E-state index contributed by atoms with van der Waals surface area (Å²) in [5.74, 6) is 1.10. The monoisotopic (exact) mass is 336 g/mol. The van der Waals surface area contributed by atoms with Crippen molar-refractivity contribution in [3.8, 4) is 0 Å². The van der Waals surface area contributed by atoms with Crippen LogP contribution in [0.15, 0.2) is 0 Å². The van der Waals surface area contributed by atoms with E-state index in [1.807, 2.05) is 0 Å². The molecule has 4 fully saturated rings. The zero-order chi connectivity index (χ0) is 10.8. The van der Waals surface area contributed by atoms with Crippen LogP contribution in [0.3, 0.4) is 0 Å². The van der Waals surface area contributed by atoms with Crippen molar-refractivity contribution in [2.24, 2.45) is 23.2 Å². The molecule has 0 heterocycles. The molecule has 4 aliphatic carbocycles. The number of carboxylic acids is 1. The number of carboxylic acid groups (broad SMARTS) is 1. The van der Waals surface area contributed by atoms with Gasteiger partial charge in [-0.15, -0.1) is 0 Å². The van der Waals surface area contributed by atoms with Gasteiger partial charge in [-0.05, 0) is 49.9 Å². The maximum atomic E-state index is 11.4. The molecule has 0 saturated heterocycles. The van der Waals surface area contributed by atoms with Crippen molar-refractivity contribution >= 4 is 37.8 Å². The van der Waals surface area contributed by atoms with Crippen LogP contribution in [0, 0.1) is 23.2 Å². The first-order chi connectivity index (χ1) is 6.94. The fourth-order valence-corrected chi connectivity index (χ4v) is 5.56. The van der Waals surface area contributed by atoms with E-state index in [4.69, 9.17) is 0 Å². The Hall–Kier alpha value is 0.430. The van der Waals surface area contributed by atoms with Gasteiger partial charge in [-0.1, -0.05) is 31.9 Å². The topological polar surface area (TPSA) is 37.3 Å². The average molecular weight is 338 g/mol. The molecule has 2 nitrogen and oxygen atoms in total. The first kappa shape index (κ1) is 10.6. The Morgan fingerprint density at radius 1 is 1.13 bits per heavy atom. The van der Waals surface area contributed by atoms with Crippen LogP contribution in [0.4, 0.5) is 0 Å². The molecule has 0 radical (unpaired) electrons. The lowest BCUT2D eigenvalue weighted by Gasteiger charge is -2.60. The van der Waals surface area contributed by atoms with E-state index in [0.29, 0.717) is 17.8 Å². The molecule has 0 aromatic carbocycles. The van der Waals surface area contributed by atoms with Crippen LogP contribution in [0.1, 0.15) is 32.1 Å². The first-order valence-corrected chi connectivity index (χ1v) is 7.14. The summed E-state index contributed by atoms with van der Waals surface area (Å²) in [7, 11) is 0. The van der Waals surface area contributed by atoms with Crippen LogP contribution >= 0.6 is 31.9 Å². The number of alkyl halides is 2. The summed E-state index contributed by atoms with van der Waals surface area (Å²) in [6, 6.07) is 0. The van der Waals surface area contributed by atoms with E-state index < -0.39 is 5.97 Å². The molecule has 4 bridgehead atoms. The van der Waals surface area contributed by atoms with Gasteiger partial charge in [0.15, 0.2) is 0 Å². The maximum Gasteiger partial charge on any atom is 0.309 e. The summed E-state index contributed by atoms with van der Waals surface area (Å²) in [6.07, 6.45) is 5.02. The van der Waals surface area contributed by atoms with Crippen LogP contribution in [0.25, 0.3) is 0 Å². The number of hydrogen-bond donors (Lipinski definition) is 1. The van der Waals surface area contributed by atoms with Gasteiger partial charge in [-0.3, -0.25) is 4.79 Å². The molecule has 4 saturated carbocycles. The van der Waals surface area contributed by atoms with E-state index in [1.54, 1.807) is 0 Å². The molecule has 2 atom stereocenters. The predicted molar refractivity (Wildman–Crippen MR) is 64.2 cm³/mol. The molecule has 4 aliphatic rings. The summed E-state index contributed by atoms with van der Waals surface area (Å²) in [5, 5.41) is 9.42. The van der Waals surface area contributed by atoms with Crippen LogP contribution in [-0.2, 0) is 4.79 Å². The second-order valence-electron chi connectivity index (χ2n) is 5.60. The van der Waals surface area contributed by atoms with Gasteiger partial charge in [0.1, 0.15) is 0 Å². The van der Waals surface area contributed by atoms with Crippen molar-refractivity contribution in [3.63, 3.8) is 0 Å². The van der Waals surface area contributed by atoms with E-state index >= 15 is 0 Å². The van der Waals surface area contributed by atoms with E-state index in [1.165, 1.54) is 12.8 Å². The maximum absolute atomic E-state index is 11.4. The Morgan fingerprint density at radius 2 is 1.67 bits per heavy atom. The first-order valence-electron chi connectivity index (χ1n) is 5.55. The Balaban J connectivity index is 2.00. The largest absolute Gasteiger partial charge is 0.481 e. The molecular weight excluding hydrogens is 324 g/mol. The Labute approximate surface area is 106 Å². The summed E-state index contributed by atoms with van der Waals surface area (Å²) in [5.41, 5.74) is -0.387. The third kappa shape index (κ3) is 1.30. The lowest BCUT2D eigenvalue weighted by atomic mass is 9.49. The van der Waals surface area contributed by atoms with Gasteiger partial charge in [0.2, 0.25) is 0 Å². The second kappa shape index (κ2) is 3.00. The highest BCUT2D eigenvalue weighted by atomic mass is 79.9. The third-order valence-corrected chi connectivity index (χ3v) is 7.32. The van der Waals surface area contributed by atoms with Crippen LogP contribution < -0.4 is 0 Å². The lowest BCUT2D eigenvalue weighted by Crippen LogP contribution is -2.58. The molecule has 0 spiro atoms. The quantitative estimate of drug-likeness (QED) is 0.745. The van der Waals surface area contributed by atoms with Gasteiger partial charge in [0.05, 0.1) is 8.65 Å². The molecule has 0 unspecified atom stereocenters. The molecule has 15 heavy (non-hydrogen) atoms. The summed E-state index contributed by atoms with van der Waals surface area (Å²) >= 11 is 7.56. The number of aliphatic carboxylic acids is 1. The van der Waals surface area contributed by atoms with Gasteiger partial charge < -0.3 is 5.11 Å². The van der Waals surface area contributed by atoms with Gasteiger partial charge >= 0.3 is 5.97 Å². The number of carbonyl (C=O) groups is 1. The lowest BCUT2D eigenvalue weighted by molar-refractivity contribution is -0.164. The van der Waals surface area contributed by atoms with Crippen molar-refractivity contribution in [2.75, 3.05) is 0 Å². The fourth-order valence-electron chi connectivity index (χ4n) is 4.16. The molecular formula is C11H14Br2O2. The summed E-state index contributed by atoms with van der Waals surface area (Å²) in [6.45, 7) is 0. The molecule has 0 amide bonds. The van der Waals surface area contributed by atoms with Gasteiger partial charge in [0, 0.05) is 0 Å². The molecule has 0 aromatic rings. The Kier molecular flexibility index (Phi) is 2.12.